The number of hydrogen-bond donors (Lipinski definition) is 2. The average molecular weight is 304 g/mol. The zero-order chi connectivity index (χ0) is 14.3. The molecular formula is C12H18ClN3O4. The first-order valence-corrected chi connectivity index (χ1v) is 5.91. The molecule has 0 spiro atoms. The fraction of sp³-hybridized carbons (Fsp3) is 0.417. The quantitative estimate of drug-likeness (QED) is 0.451. The number of benzene rings is 1. The van der Waals surface area contributed by atoms with Gasteiger partial charge in [0.25, 0.3) is 5.91 Å². The molecule has 20 heavy (non-hydrogen) atoms. The van der Waals surface area contributed by atoms with Gasteiger partial charge in [-0.3, -0.25) is 14.9 Å². The summed E-state index contributed by atoms with van der Waals surface area (Å²) in [6.07, 6.45) is 1.60. The highest BCUT2D eigenvalue weighted by Gasteiger charge is 2.17. The molecular weight excluding hydrogens is 286 g/mol. The summed E-state index contributed by atoms with van der Waals surface area (Å²) in [6.45, 7) is 1.07. The Morgan fingerprint density at radius 1 is 1.45 bits per heavy atom. The highest BCUT2D eigenvalue weighted by molar-refractivity contribution is 5.95. The van der Waals surface area contributed by atoms with Gasteiger partial charge in [-0.05, 0) is 31.5 Å². The third-order valence-electron chi connectivity index (χ3n) is 2.55. The van der Waals surface area contributed by atoms with Crippen LogP contribution < -0.4 is 15.8 Å². The summed E-state index contributed by atoms with van der Waals surface area (Å²) in [5.41, 5.74) is 5.35. The predicted octanol–water partition coefficient (Wildman–Crippen LogP) is 1.49. The van der Waals surface area contributed by atoms with Crippen molar-refractivity contribution in [3.8, 4) is 5.75 Å². The number of halogens is 1. The number of methoxy groups -OCH3 is 1. The minimum atomic E-state index is -0.579. The van der Waals surface area contributed by atoms with Gasteiger partial charge in [0.15, 0.2) is 5.75 Å². The zero-order valence-corrected chi connectivity index (χ0v) is 11.9. The number of nitro benzene ring substituents is 1. The first kappa shape index (κ1) is 18.1. The Hall–Kier alpha value is -1.86. The molecule has 1 amide bonds. The fourth-order valence-electron chi connectivity index (χ4n) is 1.55. The van der Waals surface area contributed by atoms with Crippen LogP contribution >= 0.6 is 12.4 Å². The summed E-state index contributed by atoms with van der Waals surface area (Å²) in [5, 5.41) is 13.5. The lowest BCUT2D eigenvalue weighted by Crippen LogP contribution is -2.24. The van der Waals surface area contributed by atoms with E-state index in [1.165, 1.54) is 25.3 Å². The molecule has 0 saturated carbocycles. The minimum Gasteiger partial charge on any atom is -0.490 e. The van der Waals surface area contributed by atoms with Gasteiger partial charge >= 0.3 is 5.69 Å². The molecule has 0 atom stereocenters. The van der Waals surface area contributed by atoms with Crippen molar-refractivity contribution < 1.29 is 14.5 Å². The van der Waals surface area contributed by atoms with Crippen molar-refractivity contribution in [2.45, 2.75) is 12.8 Å². The molecule has 1 rings (SSSR count). The topological polar surface area (TPSA) is 107 Å². The number of hydrogen-bond acceptors (Lipinski definition) is 5. The summed E-state index contributed by atoms with van der Waals surface area (Å²) in [7, 11) is 1.34. The summed E-state index contributed by atoms with van der Waals surface area (Å²) in [5.74, 6) is -0.215. The van der Waals surface area contributed by atoms with Crippen molar-refractivity contribution in [1.29, 1.82) is 0 Å². The van der Waals surface area contributed by atoms with E-state index in [2.05, 4.69) is 5.32 Å². The maximum atomic E-state index is 11.8. The van der Waals surface area contributed by atoms with Gasteiger partial charge in [0.05, 0.1) is 12.0 Å². The fourth-order valence-corrected chi connectivity index (χ4v) is 1.55. The maximum absolute atomic E-state index is 11.8. The SMILES string of the molecule is COc1ccc(C(=O)NCCCCN)cc1[N+](=O)[O-].Cl. The molecule has 1 aromatic carbocycles. The van der Waals surface area contributed by atoms with E-state index in [-0.39, 0.29) is 35.3 Å². The molecule has 0 bridgehead atoms. The number of nitrogens with two attached hydrogens (primary N) is 1. The molecule has 8 heteroatoms. The van der Waals surface area contributed by atoms with Crippen LogP contribution in [0.25, 0.3) is 0 Å². The van der Waals surface area contributed by atoms with Crippen molar-refractivity contribution in [1.82, 2.24) is 5.32 Å². The number of carbonyl (C=O) groups excluding carboxylic acids is 1. The Bertz CT molecular complexity index is 468. The standard InChI is InChI=1S/C12H17N3O4.ClH/c1-19-11-5-4-9(8-10(11)15(17)18)12(16)14-7-3-2-6-13;/h4-5,8H,2-3,6-7,13H2,1H3,(H,14,16);1H. The van der Waals surface area contributed by atoms with Gasteiger partial charge in [0, 0.05) is 18.2 Å². The van der Waals surface area contributed by atoms with Crippen LogP contribution in [0.5, 0.6) is 5.75 Å². The molecule has 0 unspecified atom stereocenters. The molecule has 1 aromatic rings. The Balaban J connectivity index is 0.00000361. The lowest BCUT2D eigenvalue weighted by molar-refractivity contribution is -0.385. The van der Waals surface area contributed by atoms with E-state index in [0.29, 0.717) is 13.1 Å². The summed E-state index contributed by atoms with van der Waals surface area (Å²) >= 11 is 0. The third kappa shape index (κ3) is 5.02. The number of unbranched alkanes of at least 4 members (excludes halogenated alkanes) is 1. The van der Waals surface area contributed by atoms with Gasteiger partial charge in [-0.15, -0.1) is 12.4 Å². The third-order valence-corrected chi connectivity index (χ3v) is 2.55. The van der Waals surface area contributed by atoms with Gasteiger partial charge in [0.2, 0.25) is 0 Å². The van der Waals surface area contributed by atoms with E-state index in [1.807, 2.05) is 0 Å². The van der Waals surface area contributed by atoms with Crippen LogP contribution in [-0.2, 0) is 0 Å². The Labute approximate surface area is 123 Å². The average Bonchev–Trinajstić information content (AvgIpc) is 2.42. The van der Waals surface area contributed by atoms with Crippen LogP contribution in [0.2, 0.25) is 0 Å². The number of nitrogens with one attached hydrogen (secondary N) is 1. The van der Waals surface area contributed by atoms with Gasteiger partial charge in [-0.1, -0.05) is 0 Å². The highest BCUT2D eigenvalue weighted by atomic mass is 35.5. The molecule has 7 nitrogen and oxygen atoms in total. The number of carbonyl (C=O) groups is 1. The van der Waals surface area contributed by atoms with E-state index < -0.39 is 4.92 Å². The van der Waals surface area contributed by atoms with Crippen LogP contribution in [-0.4, -0.2) is 31.0 Å². The molecule has 112 valence electrons. The first-order chi connectivity index (χ1) is 9.10. The highest BCUT2D eigenvalue weighted by Crippen LogP contribution is 2.27. The molecule has 0 aliphatic rings. The van der Waals surface area contributed by atoms with Crippen molar-refractivity contribution in [3.63, 3.8) is 0 Å². The van der Waals surface area contributed by atoms with Gasteiger partial charge < -0.3 is 15.8 Å². The zero-order valence-electron chi connectivity index (χ0n) is 11.1. The van der Waals surface area contributed by atoms with Crippen molar-refractivity contribution >= 4 is 24.0 Å². The molecule has 0 saturated heterocycles. The van der Waals surface area contributed by atoms with E-state index in [1.54, 1.807) is 0 Å². The molecule has 0 aliphatic heterocycles. The largest absolute Gasteiger partial charge is 0.490 e. The Morgan fingerprint density at radius 2 is 2.15 bits per heavy atom. The van der Waals surface area contributed by atoms with Crippen molar-refractivity contribution in [2.24, 2.45) is 5.73 Å². The lowest BCUT2D eigenvalue weighted by atomic mass is 10.1. The van der Waals surface area contributed by atoms with Crippen LogP contribution in [0.1, 0.15) is 23.2 Å². The second kappa shape index (κ2) is 9.11. The summed E-state index contributed by atoms with van der Waals surface area (Å²) < 4.78 is 4.87. The molecule has 0 aromatic heterocycles. The number of ether oxygens (including phenoxy) is 1. The number of amides is 1. The van der Waals surface area contributed by atoms with E-state index in [9.17, 15) is 14.9 Å². The van der Waals surface area contributed by atoms with E-state index in [4.69, 9.17) is 10.5 Å². The van der Waals surface area contributed by atoms with Crippen LogP contribution in [0.4, 0.5) is 5.69 Å². The van der Waals surface area contributed by atoms with Gasteiger partial charge in [0.1, 0.15) is 0 Å². The number of nitrogens with zero attached hydrogens (tertiary/aromatic N) is 1. The summed E-state index contributed by atoms with van der Waals surface area (Å²) in [6, 6.07) is 4.11. The lowest BCUT2D eigenvalue weighted by Gasteiger charge is -2.06. The van der Waals surface area contributed by atoms with Gasteiger partial charge in [-0.25, -0.2) is 0 Å². The van der Waals surface area contributed by atoms with Crippen LogP contribution in [0.3, 0.4) is 0 Å². The smallest absolute Gasteiger partial charge is 0.311 e. The van der Waals surface area contributed by atoms with Crippen LogP contribution in [0, 0.1) is 10.1 Å². The van der Waals surface area contributed by atoms with E-state index in [0.717, 1.165) is 12.8 Å². The molecule has 0 fully saturated rings. The molecule has 0 heterocycles. The second-order valence-electron chi connectivity index (χ2n) is 3.90. The van der Waals surface area contributed by atoms with Crippen LogP contribution in [0.15, 0.2) is 18.2 Å². The second-order valence-corrected chi connectivity index (χ2v) is 3.90. The first-order valence-electron chi connectivity index (χ1n) is 5.91. The summed E-state index contributed by atoms with van der Waals surface area (Å²) in [4.78, 5) is 22.0. The van der Waals surface area contributed by atoms with Crippen molar-refractivity contribution in [2.75, 3.05) is 20.2 Å². The minimum absolute atomic E-state index is 0. The monoisotopic (exact) mass is 303 g/mol. The molecule has 0 aliphatic carbocycles. The van der Waals surface area contributed by atoms with E-state index >= 15 is 0 Å². The molecule has 3 N–H and O–H groups in total. The number of nitro groups is 1. The molecule has 0 radical (unpaired) electrons. The van der Waals surface area contributed by atoms with Crippen molar-refractivity contribution in [3.05, 3.63) is 33.9 Å². The van der Waals surface area contributed by atoms with Gasteiger partial charge in [-0.2, -0.15) is 0 Å². The Morgan fingerprint density at radius 3 is 2.70 bits per heavy atom. The predicted molar refractivity (Wildman–Crippen MR) is 77.5 cm³/mol. The Kier molecular flexibility index (Phi) is 8.26. The maximum Gasteiger partial charge on any atom is 0.311 e. The number of rotatable bonds is 7. The normalized spacial score (nSPS) is 9.50.